The minimum absolute atomic E-state index is 0.0999. The quantitative estimate of drug-likeness (QED) is 0.776. The molecule has 0 amide bonds. The highest BCUT2D eigenvalue weighted by Crippen LogP contribution is 2.01. The summed E-state index contributed by atoms with van der Waals surface area (Å²) in [4.78, 5) is 12.3. The Morgan fingerprint density at radius 2 is 2.32 bits per heavy atom. The summed E-state index contributed by atoms with van der Waals surface area (Å²) in [6.07, 6.45) is -1.15. The molecular weight excluding hydrogens is 240 g/mol. The van der Waals surface area contributed by atoms with Crippen LogP contribution in [0.4, 0.5) is 0 Å². The van der Waals surface area contributed by atoms with E-state index in [9.17, 15) is 4.79 Å². The van der Waals surface area contributed by atoms with E-state index in [0.29, 0.717) is 0 Å². The van der Waals surface area contributed by atoms with Crippen molar-refractivity contribution < 1.29 is 11.6 Å². The van der Waals surface area contributed by atoms with Crippen molar-refractivity contribution in [2.45, 2.75) is 13.5 Å². The molecule has 0 radical (unpaired) electrons. The molecule has 0 fully saturated rings. The molecular formula is C15H16N2O2. The lowest BCUT2D eigenvalue weighted by atomic mass is 10.2. The maximum absolute atomic E-state index is 12.3. The topological polar surface area (TPSA) is 44.1 Å². The third kappa shape index (κ3) is 3.81. The van der Waals surface area contributed by atoms with E-state index in [1.165, 1.54) is 6.92 Å². The standard InChI is InChI=1S/C15H16N2O2/c1-2-19-9-8-14-10-15(18)17(16-11-14)12-13-6-4-3-5-7-13/h3-11H,2,12H2,1H3/i2D,8D,9D,10D,11D. The van der Waals surface area contributed by atoms with Crippen LogP contribution in [0.25, 0.3) is 6.05 Å². The first-order valence-corrected chi connectivity index (χ1v) is 5.70. The van der Waals surface area contributed by atoms with E-state index in [-0.39, 0.29) is 12.1 Å². The normalized spacial score (nSPS) is 17.2. The van der Waals surface area contributed by atoms with Crippen molar-refractivity contribution in [1.82, 2.24) is 9.78 Å². The molecule has 0 saturated heterocycles. The fourth-order valence-corrected chi connectivity index (χ4v) is 1.42. The van der Waals surface area contributed by atoms with Crippen LogP contribution in [0.3, 0.4) is 0 Å². The highest BCUT2D eigenvalue weighted by Gasteiger charge is 1.99. The van der Waals surface area contributed by atoms with Gasteiger partial charge in [-0.25, -0.2) is 4.68 Å². The van der Waals surface area contributed by atoms with E-state index in [1.54, 1.807) is 24.3 Å². The molecule has 2 rings (SSSR count). The summed E-state index contributed by atoms with van der Waals surface area (Å²) in [7, 11) is 0. The smallest absolute Gasteiger partial charge is 0.267 e. The molecule has 2 aromatic rings. The summed E-state index contributed by atoms with van der Waals surface area (Å²) in [6.45, 7) is 0.386. The van der Waals surface area contributed by atoms with Gasteiger partial charge < -0.3 is 4.74 Å². The molecule has 1 aromatic heterocycles. The van der Waals surface area contributed by atoms with Crippen LogP contribution in [-0.2, 0) is 11.3 Å². The van der Waals surface area contributed by atoms with E-state index in [4.69, 9.17) is 11.6 Å². The van der Waals surface area contributed by atoms with Gasteiger partial charge in [-0.3, -0.25) is 4.79 Å². The van der Waals surface area contributed by atoms with Crippen LogP contribution in [-0.4, -0.2) is 16.4 Å². The van der Waals surface area contributed by atoms with Crippen molar-refractivity contribution in [3.63, 3.8) is 0 Å². The predicted octanol–water partition coefficient (Wildman–Crippen LogP) is 2.30. The van der Waals surface area contributed by atoms with Gasteiger partial charge in [0.15, 0.2) is 0 Å². The van der Waals surface area contributed by atoms with Crippen molar-refractivity contribution in [2.24, 2.45) is 0 Å². The molecule has 1 heterocycles. The van der Waals surface area contributed by atoms with E-state index >= 15 is 0 Å². The summed E-state index contributed by atoms with van der Waals surface area (Å²) in [5.74, 6) is 0. The molecule has 0 aliphatic rings. The van der Waals surface area contributed by atoms with Crippen LogP contribution in [0.1, 0.15) is 24.9 Å². The van der Waals surface area contributed by atoms with E-state index in [2.05, 4.69) is 5.10 Å². The van der Waals surface area contributed by atoms with Crippen LogP contribution in [0.2, 0.25) is 0 Å². The predicted molar refractivity (Wildman–Crippen MR) is 74.7 cm³/mol. The third-order valence-corrected chi connectivity index (χ3v) is 2.28. The lowest BCUT2D eigenvalue weighted by Gasteiger charge is -2.04. The molecule has 1 atom stereocenters. The zero-order valence-corrected chi connectivity index (χ0v) is 10.4. The van der Waals surface area contributed by atoms with Crippen molar-refractivity contribution in [3.05, 3.63) is 70.3 Å². The van der Waals surface area contributed by atoms with Gasteiger partial charge in [-0.15, -0.1) is 0 Å². The second-order valence-electron chi connectivity index (χ2n) is 3.64. The molecule has 19 heavy (non-hydrogen) atoms. The van der Waals surface area contributed by atoms with Crippen LogP contribution < -0.4 is 5.56 Å². The molecule has 1 aromatic carbocycles. The highest BCUT2D eigenvalue weighted by atomic mass is 16.5. The Balaban J connectivity index is 2.47. The number of benzene rings is 1. The first-order chi connectivity index (χ1) is 11.3. The fraction of sp³-hybridized carbons (Fsp3) is 0.200. The minimum Gasteiger partial charge on any atom is -0.501 e. The maximum atomic E-state index is 12.3. The summed E-state index contributed by atoms with van der Waals surface area (Å²) in [6, 6.07) is 7.80. The number of ether oxygens (including phenoxy) is 1. The van der Waals surface area contributed by atoms with Crippen LogP contribution >= 0.6 is 0 Å². The lowest BCUT2D eigenvalue weighted by molar-refractivity contribution is 0.272. The number of rotatable bonds is 5. The first-order valence-electron chi connectivity index (χ1n) is 8.28. The zero-order valence-electron chi connectivity index (χ0n) is 15.4. The van der Waals surface area contributed by atoms with E-state index < -0.39 is 36.6 Å². The molecule has 1 unspecified atom stereocenters. The third-order valence-electron chi connectivity index (χ3n) is 2.28. The van der Waals surface area contributed by atoms with Gasteiger partial charge in [-0.2, -0.15) is 5.10 Å². The Kier molecular flexibility index (Phi) is 2.73. The van der Waals surface area contributed by atoms with Crippen molar-refractivity contribution in [1.29, 1.82) is 0 Å². The van der Waals surface area contributed by atoms with Gasteiger partial charge in [0.25, 0.3) is 5.56 Å². The number of hydrogen-bond acceptors (Lipinski definition) is 3. The average Bonchev–Trinajstić information content (AvgIpc) is 2.52. The lowest BCUT2D eigenvalue weighted by Crippen LogP contribution is -2.22. The van der Waals surface area contributed by atoms with Gasteiger partial charge in [0.1, 0.15) is 1.37 Å². The highest BCUT2D eigenvalue weighted by molar-refractivity contribution is 5.45. The van der Waals surface area contributed by atoms with Gasteiger partial charge in [0.05, 0.1) is 31.0 Å². The van der Waals surface area contributed by atoms with Crippen molar-refractivity contribution in [3.8, 4) is 0 Å². The summed E-state index contributed by atoms with van der Waals surface area (Å²) < 4.78 is 44.2. The summed E-state index contributed by atoms with van der Waals surface area (Å²) in [5.41, 5.74) is -0.357. The summed E-state index contributed by atoms with van der Waals surface area (Å²) >= 11 is 0. The number of aromatic nitrogens is 2. The monoisotopic (exact) mass is 261 g/mol. The van der Waals surface area contributed by atoms with Gasteiger partial charge >= 0.3 is 0 Å². The Morgan fingerprint density at radius 1 is 1.53 bits per heavy atom. The van der Waals surface area contributed by atoms with Gasteiger partial charge in [-0.05, 0) is 18.5 Å². The van der Waals surface area contributed by atoms with Gasteiger partial charge in [-0.1, -0.05) is 30.3 Å². The van der Waals surface area contributed by atoms with E-state index in [1.807, 2.05) is 6.07 Å². The second kappa shape index (κ2) is 6.54. The fourth-order valence-electron chi connectivity index (χ4n) is 1.42. The molecule has 98 valence electrons. The second-order valence-corrected chi connectivity index (χ2v) is 3.64. The zero-order chi connectivity index (χ0) is 17.9. The molecule has 0 aliphatic heterocycles. The van der Waals surface area contributed by atoms with Crippen molar-refractivity contribution >= 4 is 6.05 Å². The largest absolute Gasteiger partial charge is 0.501 e. The van der Waals surface area contributed by atoms with Crippen molar-refractivity contribution in [2.75, 3.05) is 6.58 Å². The molecule has 0 spiro atoms. The maximum Gasteiger partial charge on any atom is 0.267 e. The SMILES string of the molecule is [2H]C(OC([2H])C)=C([2H])c1c([2H])nn(Cc2ccccc2)c(=O)c1[2H]. The van der Waals surface area contributed by atoms with Crippen LogP contribution in [0.5, 0.6) is 0 Å². The van der Waals surface area contributed by atoms with E-state index in [0.717, 1.165) is 10.2 Å². The molecule has 0 saturated carbocycles. The number of nitrogens with zero attached hydrogens (tertiary/aromatic N) is 2. The van der Waals surface area contributed by atoms with Crippen LogP contribution in [0, 0.1) is 0 Å². The first kappa shape index (κ1) is 7.94. The Morgan fingerprint density at radius 3 is 3.05 bits per heavy atom. The molecule has 4 heteroatoms. The molecule has 0 bridgehead atoms. The van der Waals surface area contributed by atoms with Crippen LogP contribution in [0.15, 0.2) is 53.6 Å². The van der Waals surface area contributed by atoms with Gasteiger partial charge in [0, 0.05) is 11.6 Å². The number of hydrogen-bond donors (Lipinski definition) is 0. The Hall–Kier alpha value is -2.36. The van der Waals surface area contributed by atoms with Gasteiger partial charge in [0.2, 0.25) is 0 Å². The average molecular weight is 261 g/mol. The summed E-state index contributed by atoms with van der Waals surface area (Å²) in [5, 5.41) is 3.82. The minimum atomic E-state index is -1.08. The Labute approximate surface area is 119 Å². The molecule has 0 aliphatic carbocycles. The molecule has 0 N–H and O–H groups in total. The Bertz CT molecular complexity index is 819. The molecule has 4 nitrogen and oxygen atoms in total.